The summed E-state index contributed by atoms with van der Waals surface area (Å²) < 4.78 is 24.5. The van der Waals surface area contributed by atoms with Gasteiger partial charge in [0.1, 0.15) is 0 Å². The molecule has 0 amide bonds. The fourth-order valence-electron chi connectivity index (χ4n) is 1.93. The average molecular weight is 240 g/mol. The summed E-state index contributed by atoms with van der Waals surface area (Å²) in [5, 5.41) is 0. The first-order valence-corrected chi connectivity index (χ1v) is 7.26. The number of benzene rings is 1. The van der Waals surface area contributed by atoms with Crippen LogP contribution in [0.3, 0.4) is 0 Å². The van der Waals surface area contributed by atoms with E-state index in [4.69, 9.17) is 0 Å². The van der Waals surface area contributed by atoms with Crippen LogP contribution in [-0.4, -0.2) is 27.8 Å². The van der Waals surface area contributed by atoms with Crippen LogP contribution in [0.5, 0.6) is 0 Å². The van der Waals surface area contributed by atoms with Crippen molar-refractivity contribution in [3.05, 3.63) is 24.3 Å². The predicted molar refractivity (Wildman–Crippen MR) is 66.4 cm³/mol. The molecule has 1 aliphatic rings. The van der Waals surface area contributed by atoms with Crippen LogP contribution < -0.4 is 9.62 Å². The summed E-state index contributed by atoms with van der Waals surface area (Å²) in [5.41, 5.74) is 1.78. The van der Waals surface area contributed by atoms with Gasteiger partial charge in [0, 0.05) is 24.5 Å². The second-order valence-corrected chi connectivity index (χ2v) is 5.86. The molecule has 1 saturated heterocycles. The van der Waals surface area contributed by atoms with Gasteiger partial charge in [-0.3, -0.25) is 4.72 Å². The molecular formula is C11H16N2O2S. The van der Waals surface area contributed by atoms with Crippen LogP contribution in [0.2, 0.25) is 0 Å². The lowest BCUT2D eigenvalue weighted by atomic mass is 10.2. The summed E-state index contributed by atoms with van der Waals surface area (Å²) in [6, 6.07) is 7.51. The fourth-order valence-corrected chi connectivity index (χ4v) is 2.49. The molecule has 1 N–H and O–H groups in total. The van der Waals surface area contributed by atoms with E-state index in [1.807, 2.05) is 12.1 Å². The molecule has 5 heteroatoms. The Bertz CT molecular complexity index is 447. The number of nitrogens with one attached hydrogen (secondary N) is 1. The van der Waals surface area contributed by atoms with E-state index in [9.17, 15) is 8.42 Å². The number of hydrogen-bond acceptors (Lipinski definition) is 3. The molecule has 1 aromatic rings. The first-order chi connectivity index (χ1) is 7.54. The van der Waals surface area contributed by atoms with Gasteiger partial charge in [-0.25, -0.2) is 8.42 Å². The van der Waals surface area contributed by atoms with Crippen molar-refractivity contribution in [3.8, 4) is 0 Å². The molecule has 1 fully saturated rings. The summed E-state index contributed by atoms with van der Waals surface area (Å²) in [7, 11) is -3.17. The number of sulfonamides is 1. The quantitative estimate of drug-likeness (QED) is 0.874. The van der Waals surface area contributed by atoms with Gasteiger partial charge in [0.25, 0.3) is 0 Å². The van der Waals surface area contributed by atoms with E-state index in [1.54, 1.807) is 12.1 Å². The largest absolute Gasteiger partial charge is 0.372 e. The Balaban J connectivity index is 2.10. The second-order valence-electron chi connectivity index (χ2n) is 4.12. The molecule has 0 aliphatic carbocycles. The van der Waals surface area contributed by atoms with E-state index < -0.39 is 10.0 Å². The zero-order valence-electron chi connectivity index (χ0n) is 9.31. The predicted octanol–water partition coefficient (Wildman–Crippen LogP) is 1.66. The lowest BCUT2D eigenvalue weighted by molar-refractivity contribution is 0.607. The molecule has 0 saturated carbocycles. The Morgan fingerprint density at radius 1 is 1.12 bits per heavy atom. The summed E-state index contributed by atoms with van der Waals surface area (Å²) in [6.45, 7) is 2.19. The Labute approximate surface area is 96.3 Å². The van der Waals surface area contributed by atoms with Crippen molar-refractivity contribution in [1.82, 2.24) is 0 Å². The molecule has 1 aliphatic heterocycles. The standard InChI is InChI=1S/C11H16N2O2S/c1-16(14,15)12-10-4-6-11(7-5-10)13-8-2-3-9-13/h4-7,12H,2-3,8-9H2,1H3. The van der Waals surface area contributed by atoms with Gasteiger partial charge in [-0.2, -0.15) is 0 Å². The minimum Gasteiger partial charge on any atom is -0.372 e. The summed E-state index contributed by atoms with van der Waals surface area (Å²) in [5.74, 6) is 0. The van der Waals surface area contributed by atoms with Gasteiger partial charge in [-0.1, -0.05) is 0 Å². The summed E-state index contributed by atoms with van der Waals surface area (Å²) in [4.78, 5) is 2.31. The van der Waals surface area contributed by atoms with Crippen LogP contribution in [0.15, 0.2) is 24.3 Å². The second kappa shape index (κ2) is 4.33. The van der Waals surface area contributed by atoms with Crippen LogP contribution in [0.4, 0.5) is 11.4 Å². The van der Waals surface area contributed by atoms with Crippen LogP contribution in [0.1, 0.15) is 12.8 Å². The van der Waals surface area contributed by atoms with Gasteiger partial charge in [-0.15, -0.1) is 0 Å². The average Bonchev–Trinajstić information content (AvgIpc) is 2.69. The zero-order chi connectivity index (χ0) is 11.6. The number of rotatable bonds is 3. The molecule has 0 aromatic heterocycles. The molecule has 0 atom stereocenters. The van der Waals surface area contributed by atoms with Crippen LogP contribution >= 0.6 is 0 Å². The number of hydrogen-bond donors (Lipinski definition) is 1. The van der Waals surface area contributed by atoms with E-state index >= 15 is 0 Å². The Morgan fingerprint density at radius 3 is 2.19 bits per heavy atom. The normalized spacial score (nSPS) is 16.4. The maximum Gasteiger partial charge on any atom is 0.229 e. The van der Waals surface area contributed by atoms with Crippen LogP contribution in [0.25, 0.3) is 0 Å². The molecule has 1 aromatic carbocycles. The molecular weight excluding hydrogens is 224 g/mol. The molecule has 0 unspecified atom stereocenters. The van der Waals surface area contributed by atoms with E-state index in [2.05, 4.69) is 9.62 Å². The third kappa shape index (κ3) is 2.88. The smallest absolute Gasteiger partial charge is 0.229 e. The van der Waals surface area contributed by atoms with Crippen molar-refractivity contribution >= 4 is 21.4 Å². The minimum absolute atomic E-state index is 0.616. The van der Waals surface area contributed by atoms with Crippen molar-refractivity contribution < 1.29 is 8.42 Å². The maximum atomic E-state index is 11.0. The lowest BCUT2D eigenvalue weighted by Gasteiger charge is -2.17. The molecule has 2 rings (SSSR count). The van der Waals surface area contributed by atoms with Crippen molar-refractivity contribution in [2.24, 2.45) is 0 Å². The molecule has 1 heterocycles. The monoisotopic (exact) mass is 240 g/mol. The molecule has 16 heavy (non-hydrogen) atoms. The topological polar surface area (TPSA) is 49.4 Å². The Kier molecular flexibility index (Phi) is 3.05. The van der Waals surface area contributed by atoms with Gasteiger partial charge in [0.2, 0.25) is 10.0 Å². The first-order valence-electron chi connectivity index (χ1n) is 5.37. The third-order valence-corrected chi connectivity index (χ3v) is 3.25. The van der Waals surface area contributed by atoms with Crippen LogP contribution in [0, 0.1) is 0 Å². The van der Waals surface area contributed by atoms with Crippen molar-refractivity contribution in [3.63, 3.8) is 0 Å². The molecule has 0 radical (unpaired) electrons. The SMILES string of the molecule is CS(=O)(=O)Nc1ccc(N2CCCC2)cc1. The van der Waals surface area contributed by atoms with Gasteiger partial charge >= 0.3 is 0 Å². The fraction of sp³-hybridized carbons (Fsp3) is 0.455. The molecule has 0 spiro atoms. The molecule has 4 nitrogen and oxygen atoms in total. The third-order valence-electron chi connectivity index (χ3n) is 2.64. The number of anilines is 2. The highest BCUT2D eigenvalue weighted by molar-refractivity contribution is 7.92. The van der Waals surface area contributed by atoms with E-state index in [0.29, 0.717) is 5.69 Å². The minimum atomic E-state index is -3.17. The van der Waals surface area contributed by atoms with E-state index in [1.165, 1.54) is 12.8 Å². The number of nitrogens with zero attached hydrogens (tertiary/aromatic N) is 1. The van der Waals surface area contributed by atoms with Crippen molar-refractivity contribution in [2.75, 3.05) is 29.0 Å². The van der Waals surface area contributed by atoms with Gasteiger partial charge in [-0.05, 0) is 37.1 Å². The highest BCUT2D eigenvalue weighted by Gasteiger charge is 2.12. The van der Waals surface area contributed by atoms with Gasteiger partial charge in [0.15, 0.2) is 0 Å². The van der Waals surface area contributed by atoms with Crippen LogP contribution in [-0.2, 0) is 10.0 Å². The Morgan fingerprint density at radius 2 is 1.69 bits per heavy atom. The maximum absolute atomic E-state index is 11.0. The first kappa shape index (κ1) is 11.3. The zero-order valence-corrected chi connectivity index (χ0v) is 10.1. The van der Waals surface area contributed by atoms with Gasteiger partial charge < -0.3 is 4.90 Å². The highest BCUT2D eigenvalue weighted by Crippen LogP contribution is 2.22. The van der Waals surface area contributed by atoms with Gasteiger partial charge in [0.05, 0.1) is 6.26 Å². The Hall–Kier alpha value is -1.23. The summed E-state index contributed by atoms with van der Waals surface area (Å²) in [6.07, 6.45) is 3.63. The summed E-state index contributed by atoms with van der Waals surface area (Å²) >= 11 is 0. The highest BCUT2D eigenvalue weighted by atomic mass is 32.2. The van der Waals surface area contributed by atoms with Crippen molar-refractivity contribution in [1.29, 1.82) is 0 Å². The van der Waals surface area contributed by atoms with E-state index in [-0.39, 0.29) is 0 Å². The molecule has 88 valence electrons. The van der Waals surface area contributed by atoms with Crippen molar-refractivity contribution in [2.45, 2.75) is 12.8 Å². The molecule has 0 bridgehead atoms. The lowest BCUT2D eigenvalue weighted by Crippen LogP contribution is -2.17. The van der Waals surface area contributed by atoms with E-state index in [0.717, 1.165) is 25.0 Å².